The Labute approximate surface area is 94.3 Å². The number of nitrogens with zero attached hydrogens (tertiary/aromatic N) is 1. The average Bonchev–Trinajstić information content (AvgIpc) is 2.08. The third kappa shape index (κ3) is 3.65. The summed E-state index contributed by atoms with van der Waals surface area (Å²) in [5.41, 5.74) is 1.39. The van der Waals surface area contributed by atoms with Crippen LogP contribution in [-0.4, -0.2) is 18.0 Å². The molecule has 0 aliphatic rings. The smallest absolute Gasteiger partial charge is 0.0233 e. The Kier molecular flexibility index (Phi) is 4.19. The van der Waals surface area contributed by atoms with E-state index in [4.69, 9.17) is 0 Å². The zero-order valence-corrected chi connectivity index (χ0v) is 10.6. The highest BCUT2D eigenvalue weighted by atomic mass is 127. The minimum Gasteiger partial charge on any atom is -0.300 e. The standard InChI is InChI=1S/C11H16IN/c1-9(2)13(3)8-10-4-6-11(12)7-5-10/h4-7,9H,8H2,1-3H3. The Morgan fingerprint density at radius 1 is 1.23 bits per heavy atom. The SMILES string of the molecule is CC(C)N(C)Cc1ccc(I)cc1. The van der Waals surface area contributed by atoms with Crippen molar-refractivity contribution in [1.82, 2.24) is 4.90 Å². The van der Waals surface area contributed by atoms with Gasteiger partial charge in [0.05, 0.1) is 0 Å². The van der Waals surface area contributed by atoms with Crippen LogP contribution >= 0.6 is 22.6 Å². The van der Waals surface area contributed by atoms with Gasteiger partial charge in [-0.15, -0.1) is 0 Å². The molecule has 0 amide bonds. The van der Waals surface area contributed by atoms with Crippen molar-refractivity contribution in [1.29, 1.82) is 0 Å². The molecule has 13 heavy (non-hydrogen) atoms. The number of hydrogen-bond acceptors (Lipinski definition) is 1. The van der Waals surface area contributed by atoms with Gasteiger partial charge in [-0.2, -0.15) is 0 Å². The summed E-state index contributed by atoms with van der Waals surface area (Å²) < 4.78 is 1.30. The molecule has 0 saturated heterocycles. The van der Waals surface area contributed by atoms with Crippen LogP contribution in [0.25, 0.3) is 0 Å². The minimum atomic E-state index is 0.610. The fraction of sp³-hybridized carbons (Fsp3) is 0.455. The van der Waals surface area contributed by atoms with Crippen molar-refractivity contribution < 1.29 is 0 Å². The van der Waals surface area contributed by atoms with Gasteiger partial charge in [-0.1, -0.05) is 12.1 Å². The van der Waals surface area contributed by atoms with E-state index >= 15 is 0 Å². The zero-order valence-electron chi connectivity index (χ0n) is 8.42. The first-order valence-corrected chi connectivity index (χ1v) is 5.62. The second kappa shape index (κ2) is 4.96. The zero-order chi connectivity index (χ0) is 9.84. The van der Waals surface area contributed by atoms with Crippen LogP contribution in [0.1, 0.15) is 19.4 Å². The van der Waals surface area contributed by atoms with Crippen LogP contribution in [0.4, 0.5) is 0 Å². The molecule has 1 aromatic carbocycles. The molecule has 0 saturated carbocycles. The molecule has 0 atom stereocenters. The quantitative estimate of drug-likeness (QED) is 0.773. The first-order chi connectivity index (χ1) is 6.09. The molecule has 2 heteroatoms. The monoisotopic (exact) mass is 289 g/mol. The lowest BCUT2D eigenvalue weighted by molar-refractivity contribution is 0.266. The van der Waals surface area contributed by atoms with Crippen LogP contribution in [0, 0.1) is 3.57 Å². The average molecular weight is 289 g/mol. The van der Waals surface area contributed by atoms with E-state index in [0.29, 0.717) is 6.04 Å². The maximum atomic E-state index is 2.34. The summed E-state index contributed by atoms with van der Waals surface area (Å²) in [6, 6.07) is 9.31. The predicted molar refractivity (Wildman–Crippen MR) is 65.8 cm³/mol. The van der Waals surface area contributed by atoms with Crippen LogP contribution in [0.2, 0.25) is 0 Å². The van der Waals surface area contributed by atoms with Crippen LogP contribution in [0.15, 0.2) is 24.3 Å². The van der Waals surface area contributed by atoms with Crippen LogP contribution in [-0.2, 0) is 6.54 Å². The molecule has 0 N–H and O–H groups in total. The summed E-state index contributed by atoms with van der Waals surface area (Å²) in [4.78, 5) is 2.34. The highest BCUT2D eigenvalue weighted by Gasteiger charge is 2.03. The molecule has 1 rings (SSSR count). The summed E-state index contributed by atoms with van der Waals surface area (Å²) >= 11 is 2.33. The lowest BCUT2D eigenvalue weighted by Crippen LogP contribution is -2.25. The summed E-state index contributed by atoms with van der Waals surface area (Å²) in [5.74, 6) is 0. The molecule has 0 aliphatic heterocycles. The van der Waals surface area contributed by atoms with Crippen LogP contribution in [0.5, 0.6) is 0 Å². The summed E-state index contributed by atoms with van der Waals surface area (Å²) in [6.45, 7) is 5.47. The highest BCUT2D eigenvalue weighted by molar-refractivity contribution is 14.1. The molecule has 1 nitrogen and oxygen atoms in total. The Bertz CT molecular complexity index is 253. The number of halogens is 1. The fourth-order valence-electron chi connectivity index (χ4n) is 1.06. The van der Waals surface area contributed by atoms with Gasteiger partial charge in [-0.25, -0.2) is 0 Å². The molecule has 0 aliphatic carbocycles. The summed E-state index contributed by atoms with van der Waals surface area (Å²) in [5, 5.41) is 0. The van der Waals surface area contributed by atoms with Gasteiger partial charge in [0, 0.05) is 16.2 Å². The highest BCUT2D eigenvalue weighted by Crippen LogP contribution is 2.09. The van der Waals surface area contributed by atoms with Gasteiger partial charge in [0.15, 0.2) is 0 Å². The van der Waals surface area contributed by atoms with E-state index in [0.717, 1.165) is 6.54 Å². The van der Waals surface area contributed by atoms with Crippen molar-refractivity contribution in [2.24, 2.45) is 0 Å². The molecular weight excluding hydrogens is 273 g/mol. The van der Waals surface area contributed by atoms with Crippen molar-refractivity contribution in [3.05, 3.63) is 33.4 Å². The van der Waals surface area contributed by atoms with E-state index in [9.17, 15) is 0 Å². The third-order valence-corrected chi connectivity index (χ3v) is 2.95. The van der Waals surface area contributed by atoms with Crippen molar-refractivity contribution in [2.75, 3.05) is 7.05 Å². The molecule has 0 unspecified atom stereocenters. The molecule has 72 valence electrons. The van der Waals surface area contributed by atoms with E-state index in [-0.39, 0.29) is 0 Å². The molecule has 0 bridgehead atoms. The number of benzene rings is 1. The molecule has 0 fully saturated rings. The van der Waals surface area contributed by atoms with Crippen molar-refractivity contribution in [2.45, 2.75) is 26.4 Å². The van der Waals surface area contributed by atoms with Gasteiger partial charge in [-0.05, 0) is 61.2 Å². The van der Waals surface area contributed by atoms with E-state index in [1.165, 1.54) is 9.13 Å². The lowest BCUT2D eigenvalue weighted by Gasteiger charge is -2.20. The summed E-state index contributed by atoms with van der Waals surface area (Å²) in [7, 11) is 2.16. The molecular formula is C11H16IN. The normalized spacial score (nSPS) is 11.2. The number of rotatable bonds is 3. The van der Waals surface area contributed by atoms with E-state index < -0.39 is 0 Å². The minimum absolute atomic E-state index is 0.610. The number of hydrogen-bond donors (Lipinski definition) is 0. The van der Waals surface area contributed by atoms with Gasteiger partial charge in [0.2, 0.25) is 0 Å². The van der Waals surface area contributed by atoms with Gasteiger partial charge in [-0.3, -0.25) is 4.90 Å². The largest absolute Gasteiger partial charge is 0.300 e. The van der Waals surface area contributed by atoms with Gasteiger partial charge in [0.25, 0.3) is 0 Å². The van der Waals surface area contributed by atoms with E-state index in [1.807, 2.05) is 0 Å². The second-order valence-electron chi connectivity index (χ2n) is 3.64. The maximum absolute atomic E-state index is 2.34. The van der Waals surface area contributed by atoms with Crippen molar-refractivity contribution in [3.8, 4) is 0 Å². The lowest BCUT2D eigenvalue weighted by atomic mass is 10.2. The van der Waals surface area contributed by atoms with Crippen molar-refractivity contribution >= 4 is 22.6 Å². The molecule has 0 heterocycles. The van der Waals surface area contributed by atoms with Crippen LogP contribution in [0.3, 0.4) is 0 Å². The molecule has 0 spiro atoms. The Balaban J connectivity index is 2.59. The fourth-order valence-corrected chi connectivity index (χ4v) is 1.42. The third-order valence-electron chi connectivity index (χ3n) is 2.23. The Morgan fingerprint density at radius 3 is 2.23 bits per heavy atom. The molecule has 0 radical (unpaired) electrons. The van der Waals surface area contributed by atoms with Gasteiger partial charge < -0.3 is 0 Å². The van der Waals surface area contributed by atoms with Crippen molar-refractivity contribution in [3.63, 3.8) is 0 Å². The van der Waals surface area contributed by atoms with Gasteiger partial charge >= 0.3 is 0 Å². The predicted octanol–water partition coefficient (Wildman–Crippen LogP) is 3.13. The maximum Gasteiger partial charge on any atom is 0.0233 e. The first kappa shape index (κ1) is 11.0. The van der Waals surface area contributed by atoms with Crippen LogP contribution < -0.4 is 0 Å². The molecule has 1 aromatic rings. The Morgan fingerprint density at radius 2 is 1.77 bits per heavy atom. The van der Waals surface area contributed by atoms with Gasteiger partial charge in [0.1, 0.15) is 0 Å². The summed E-state index contributed by atoms with van der Waals surface area (Å²) in [6.07, 6.45) is 0. The molecule has 0 aromatic heterocycles. The van der Waals surface area contributed by atoms with E-state index in [1.54, 1.807) is 0 Å². The van der Waals surface area contributed by atoms with E-state index in [2.05, 4.69) is 72.7 Å². The second-order valence-corrected chi connectivity index (χ2v) is 4.88. The Hall–Kier alpha value is -0.0900. The first-order valence-electron chi connectivity index (χ1n) is 4.54. The topological polar surface area (TPSA) is 3.24 Å².